The second-order valence-corrected chi connectivity index (χ2v) is 7.39. The molecule has 2 atom stereocenters. The summed E-state index contributed by atoms with van der Waals surface area (Å²) < 4.78 is 30.8. The van der Waals surface area contributed by atoms with Crippen molar-refractivity contribution < 1.29 is 17.9 Å². The van der Waals surface area contributed by atoms with Gasteiger partial charge in [-0.2, -0.15) is 4.31 Å². The second-order valence-electron chi connectivity index (χ2n) is 5.35. The number of methoxy groups -OCH3 is 1. The highest BCUT2D eigenvalue weighted by molar-refractivity contribution is 7.89. The van der Waals surface area contributed by atoms with Gasteiger partial charge in [-0.25, -0.2) is 8.42 Å². The predicted octanol–water partition coefficient (Wildman–Crippen LogP) is 0.684. The largest absolute Gasteiger partial charge is 0.469 e. The standard InChI is InChI=1S/C13H26N2O4S/c1-5-14-9-12(3)15(10-11(14)2)20(17,18)8-6-7-13(16)19-4/h11-12H,5-10H2,1-4H3/t11-,12-/m0/s1. The van der Waals surface area contributed by atoms with E-state index in [0.29, 0.717) is 13.0 Å². The Hall–Kier alpha value is -0.660. The third-order valence-electron chi connectivity index (χ3n) is 3.83. The summed E-state index contributed by atoms with van der Waals surface area (Å²) in [6.45, 7) is 8.29. The van der Waals surface area contributed by atoms with Gasteiger partial charge in [0.25, 0.3) is 0 Å². The van der Waals surface area contributed by atoms with E-state index in [9.17, 15) is 13.2 Å². The highest BCUT2D eigenvalue weighted by atomic mass is 32.2. The number of rotatable bonds is 6. The van der Waals surface area contributed by atoms with Crippen molar-refractivity contribution in [3.05, 3.63) is 0 Å². The fourth-order valence-corrected chi connectivity index (χ4v) is 4.41. The van der Waals surface area contributed by atoms with Crippen LogP contribution in [0.1, 0.15) is 33.6 Å². The number of ether oxygens (including phenoxy) is 1. The number of carbonyl (C=O) groups excluding carboxylic acids is 1. The van der Waals surface area contributed by atoms with Gasteiger partial charge in [-0.15, -0.1) is 0 Å². The minimum absolute atomic E-state index is 0.00524. The molecule has 1 fully saturated rings. The lowest BCUT2D eigenvalue weighted by Crippen LogP contribution is -2.58. The molecule has 0 N–H and O–H groups in total. The fraction of sp³-hybridized carbons (Fsp3) is 0.923. The van der Waals surface area contributed by atoms with Crippen LogP contribution in [-0.2, 0) is 19.6 Å². The molecule has 0 amide bonds. The molecule has 1 saturated heterocycles. The number of nitrogens with zero attached hydrogens (tertiary/aromatic N) is 2. The number of piperazine rings is 1. The van der Waals surface area contributed by atoms with Crippen LogP contribution in [-0.4, -0.2) is 68.2 Å². The third kappa shape index (κ3) is 4.43. The van der Waals surface area contributed by atoms with Crippen LogP contribution in [0.15, 0.2) is 0 Å². The molecule has 0 unspecified atom stereocenters. The number of sulfonamides is 1. The van der Waals surface area contributed by atoms with E-state index in [1.807, 2.05) is 13.8 Å². The average Bonchev–Trinajstić information content (AvgIpc) is 2.40. The molecular weight excluding hydrogens is 280 g/mol. The summed E-state index contributed by atoms with van der Waals surface area (Å²) in [7, 11) is -1.99. The van der Waals surface area contributed by atoms with Crippen molar-refractivity contribution >= 4 is 16.0 Å². The molecule has 1 rings (SSSR count). The Kier molecular flexibility index (Phi) is 6.42. The van der Waals surface area contributed by atoms with Crippen molar-refractivity contribution in [2.24, 2.45) is 0 Å². The van der Waals surface area contributed by atoms with Gasteiger partial charge in [0.2, 0.25) is 10.0 Å². The summed E-state index contributed by atoms with van der Waals surface area (Å²) in [6.07, 6.45) is 0.457. The summed E-state index contributed by atoms with van der Waals surface area (Å²) in [5, 5.41) is 0. The first kappa shape index (κ1) is 17.4. The van der Waals surface area contributed by atoms with E-state index in [4.69, 9.17) is 0 Å². The Morgan fingerprint density at radius 3 is 2.45 bits per heavy atom. The molecule has 0 spiro atoms. The number of hydrogen-bond donors (Lipinski definition) is 0. The molecule has 1 heterocycles. The highest BCUT2D eigenvalue weighted by Crippen LogP contribution is 2.19. The summed E-state index contributed by atoms with van der Waals surface area (Å²) in [4.78, 5) is 13.3. The maximum atomic E-state index is 12.4. The number of hydrogen-bond acceptors (Lipinski definition) is 5. The van der Waals surface area contributed by atoms with Gasteiger partial charge in [0.15, 0.2) is 0 Å². The minimum Gasteiger partial charge on any atom is -0.469 e. The zero-order valence-corrected chi connectivity index (χ0v) is 13.6. The fourth-order valence-electron chi connectivity index (χ4n) is 2.61. The van der Waals surface area contributed by atoms with Gasteiger partial charge in [-0.1, -0.05) is 6.92 Å². The molecule has 20 heavy (non-hydrogen) atoms. The van der Waals surface area contributed by atoms with E-state index >= 15 is 0 Å². The molecule has 7 heteroatoms. The first-order valence-corrected chi connectivity index (χ1v) is 8.73. The molecule has 0 aliphatic carbocycles. The zero-order valence-electron chi connectivity index (χ0n) is 12.8. The van der Waals surface area contributed by atoms with Crippen LogP contribution in [0.3, 0.4) is 0 Å². The van der Waals surface area contributed by atoms with Crippen molar-refractivity contribution in [3.8, 4) is 0 Å². The lowest BCUT2D eigenvalue weighted by Gasteiger charge is -2.42. The molecule has 0 aromatic heterocycles. The molecule has 0 radical (unpaired) electrons. The Balaban J connectivity index is 2.61. The maximum absolute atomic E-state index is 12.4. The van der Waals surface area contributed by atoms with Crippen molar-refractivity contribution in [1.82, 2.24) is 9.21 Å². The predicted molar refractivity (Wildman–Crippen MR) is 77.9 cm³/mol. The molecule has 0 bridgehead atoms. The Morgan fingerprint density at radius 2 is 1.90 bits per heavy atom. The van der Waals surface area contributed by atoms with E-state index in [2.05, 4.69) is 16.6 Å². The summed E-state index contributed by atoms with van der Waals surface area (Å²) in [5.74, 6) is -0.358. The van der Waals surface area contributed by atoms with Crippen molar-refractivity contribution in [2.45, 2.75) is 45.7 Å². The maximum Gasteiger partial charge on any atom is 0.305 e. The van der Waals surface area contributed by atoms with E-state index in [0.717, 1.165) is 13.1 Å². The van der Waals surface area contributed by atoms with E-state index < -0.39 is 10.0 Å². The van der Waals surface area contributed by atoms with Crippen LogP contribution >= 0.6 is 0 Å². The van der Waals surface area contributed by atoms with Gasteiger partial charge in [-0.05, 0) is 26.8 Å². The molecule has 1 aliphatic rings. The monoisotopic (exact) mass is 306 g/mol. The van der Waals surface area contributed by atoms with Crippen molar-refractivity contribution in [2.75, 3.05) is 32.5 Å². The number of esters is 1. The number of carbonyl (C=O) groups is 1. The average molecular weight is 306 g/mol. The number of likely N-dealkylation sites (N-methyl/N-ethyl adjacent to an activating group) is 1. The van der Waals surface area contributed by atoms with Gasteiger partial charge >= 0.3 is 5.97 Å². The van der Waals surface area contributed by atoms with E-state index in [1.54, 1.807) is 4.31 Å². The molecule has 1 aliphatic heterocycles. The summed E-state index contributed by atoms with van der Waals surface area (Å²) >= 11 is 0. The van der Waals surface area contributed by atoms with Gasteiger partial charge in [0.05, 0.1) is 12.9 Å². The summed E-state index contributed by atoms with van der Waals surface area (Å²) in [5.41, 5.74) is 0. The molecule has 0 aromatic rings. The minimum atomic E-state index is -3.30. The lowest BCUT2D eigenvalue weighted by atomic mass is 10.1. The zero-order chi connectivity index (χ0) is 15.3. The van der Waals surface area contributed by atoms with Crippen molar-refractivity contribution in [1.29, 1.82) is 0 Å². The van der Waals surface area contributed by atoms with Crippen LogP contribution in [0, 0.1) is 0 Å². The second kappa shape index (κ2) is 7.38. The van der Waals surface area contributed by atoms with Gasteiger partial charge in [-0.3, -0.25) is 9.69 Å². The molecule has 6 nitrogen and oxygen atoms in total. The van der Waals surface area contributed by atoms with Gasteiger partial charge < -0.3 is 4.74 Å². The normalized spacial score (nSPS) is 25.6. The topological polar surface area (TPSA) is 66.9 Å². The lowest BCUT2D eigenvalue weighted by molar-refractivity contribution is -0.140. The Bertz CT molecular complexity index is 424. The molecule has 118 valence electrons. The van der Waals surface area contributed by atoms with Crippen LogP contribution in [0.5, 0.6) is 0 Å². The Morgan fingerprint density at radius 1 is 1.25 bits per heavy atom. The third-order valence-corrected chi connectivity index (χ3v) is 5.86. The quantitative estimate of drug-likeness (QED) is 0.675. The van der Waals surface area contributed by atoms with Crippen LogP contribution in [0.4, 0.5) is 0 Å². The first-order chi connectivity index (χ1) is 9.31. The van der Waals surface area contributed by atoms with Gasteiger partial charge in [0.1, 0.15) is 0 Å². The SMILES string of the molecule is CCN1C[C@H](C)N(S(=O)(=O)CCCC(=O)OC)C[C@@H]1C. The van der Waals surface area contributed by atoms with E-state index in [-0.39, 0.29) is 30.2 Å². The van der Waals surface area contributed by atoms with E-state index in [1.165, 1.54) is 7.11 Å². The molecule has 0 saturated carbocycles. The van der Waals surface area contributed by atoms with Crippen LogP contribution in [0.2, 0.25) is 0 Å². The molecular formula is C13H26N2O4S. The smallest absolute Gasteiger partial charge is 0.305 e. The first-order valence-electron chi connectivity index (χ1n) is 7.12. The highest BCUT2D eigenvalue weighted by Gasteiger charge is 2.35. The van der Waals surface area contributed by atoms with Crippen LogP contribution < -0.4 is 0 Å². The molecule has 0 aromatic carbocycles. The summed E-state index contributed by atoms with van der Waals surface area (Å²) in [6, 6.07) is 0.209. The Labute approximate surface area is 122 Å². The van der Waals surface area contributed by atoms with Crippen molar-refractivity contribution in [3.63, 3.8) is 0 Å². The van der Waals surface area contributed by atoms with Crippen LogP contribution in [0.25, 0.3) is 0 Å². The van der Waals surface area contributed by atoms with Gasteiger partial charge in [0, 0.05) is 31.6 Å².